The summed E-state index contributed by atoms with van der Waals surface area (Å²) in [5, 5.41) is 0. The van der Waals surface area contributed by atoms with E-state index >= 15 is 0 Å². The van der Waals surface area contributed by atoms with Crippen LogP contribution in [0.5, 0.6) is 0 Å². The second-order valence-electron chi connectivity index (χ2n) is 6.68. The Morgan fingerprint density at radius 3 is 1.94 bits per heavy atom. The molecular formula is C14H26Si2. The highest BCUT2D eigenvalue weighted by Crippen LogP contribution is 2.39. The van der Waals surface area contributed by atoms with Crippen molar-refractivity contribution < 1.29 is 0 Å². The van der Waals surface area contributed by atoms with Gasteiger partial charge in [0.05, 0.1) is 0 Å². The molecule has 0 aromatic carbocycles. The summed E-state index contributed by atoms with van der Waals surface area (Å²) in [7, 11) is -1.40. The fourth-order valence-electron chi connectivity index (χ4n) is 2.89. The van der Waals surface area contributed by atoms with Gasteiger partial charge in [0.2, 0.25) is 0 Å². The lowest BCUT2D eigenvalue weighted by Gasteiger charge is -2.27. The van der Waals surface area contributed by atoms with Crippen molar-refractivity contribution in [1.29, 1.82) is 0 Å². The maximum absolute atomic E-state index is 2.66. The highest BCUT2D eigenvalue weighted by Gasteiger charge is 2.32. The number of rotatable bonds is 2. The number of hydrogen-bond donors (Lipinski definition) is 0. The summed E-state index contributed by atoms with van der Waals surface area (Å²) in [4.78, 5) is 0. The van der Waals surface area contributed by atoms with Crippen LogP contribution in [0.25, 0.3) is 0 Å². The molecule has 0 N–H and O–H groups in total. The Morgan fingerprint density at radius 1 is 1.00 bits per heavy atom. The summed E-state index contributed by atoms with van der Waals surface area (Å²) < 4.78 is 0. The molecule has 0 aliphatic heterocycles. The molecule has 0 aromatic rings. The van der Waals surface area contributed by atoms with E-state index < -0.39 is 15.9 Å². The minimum atomic E-state index is -0.853. The quantitative estimate of drug-likeness (QED) is 0.635. The third-order valence-corrected chi connectivity index (χ3v) is 18.2. The van der Waals surface area contributed by atoms with Crippen molar-refractivity contribution in [2.45, 2.75) is 63.8 Å². The molecule has 1 atom stereocenters. The molecule has 0 bridgehead atoms. The average molecular weight is 251 g/mol. The molecule has 16 heavy (non-hydrogen) atoms. The molecule has 1 saturated carbocycles. The van der Waals surface area contributed by atoms with Crippen LogP contribution in [-0.4, -0.2) is 15.9 Å². The van der Waals surface area contributed by atoms with Gasteiger partial charge in [-0.15, -0.1) is 0 Å². The van der Waals surface area contributed by atoms with Gasteiger partial charge in [0.25, 0.3) is 0 Å². The molecule has 0 amide bonds. The topological polar surface area (TPSA) is 0 Å². The van der Waals surface area contributed by atoms with E-state index in [1.807, 2.05) is 0 Å². The van der Waals surface area contributed by atoms with Gasteiger partial charge in [0, 0.05) is 15.9 Å². The smallest absolute Gasteiger partial charge is 0.0405 e. The van der Waals surface area contributed by atoms with E-state index in [0.29, 0.717) is 0 Å². The van der Waals surface area contributed by atoms with Crippen LogP contribution >= 0.6 is 0 Å². The van der Waals surface area contributed by atoms with Gasteiger partial charge in [-0.05, 0) is 42.4 Å². The van der Waals surface area contributed by atoms with Crippen molar-refractivity contribution in [2.75, 3.05) is 0 Å². The lowest BCUT2D eigenvalue weighted by Crippen LogP contribution is -2.42. The van der Waals surface area contributed by atoms with Gasteiger partial charge in [-0.1, -0.05) is 44.8 Å². The second-order valence-corrected chi connectivity index (χ2v) is 21.7. The fraction of sp³-hybridized carbons (Fsp3) is 0.714. The molecule has 2 aliphatic rings. The SMILES string of the molecule is C[SiH](C1C=C2CCCCCC2=C1)[Si](C)(C)C. The summed E-state index contributed by atoms with van der Waals surface area (Å²) in [5.74, 6) is 0. The molecule has 90 valence electrons. The van der Waals surface area contributed by atoms with Crippen LogP contribution in [0.4, 0.5) is 0 Å². The number of fused-ring (bicyclic) bond motifs is 1. The molecule has 0 nitrogen and oxygen atoms in total. The Morgan fingerprint density at radius 2 is 1.50 bits per heavy atom. The molecule has 0 spiro atoms. The first kappa shape index (κ1) is 12.4. The summed E-state index contributed by atoms with van der Waals surface area (Å²) in [6, 6.07) is 0. The summed E-state index contributed by atoms with van der Waals surface area (Å²) >= 11 is 0. The molecule has 1 unspecified atom stereocenters. The Labute approximate surface area is 103 Å². The monoisotopic (exact) mass is 250 g/mol. The fourth-order valence-corrected chi connectivity index (χ4v) is 9.13. The van der Waals surface area contributed by atoms with E-state index in [9.17, 15) is 0 Å². The van der Waals surface area contributed by atoms with Gasteiger partial charge in [-0.3, -0.25) is 0 Å². The molecule has 0 aromatic heterocycles. The third-order valence-electron chi connectivity index (χ3n) is 4.54. The van der Waals surface area contributed by atoms with Crippen molar-refractivity contribution >= 4 is 15.9 Å². The minimum Gasteiger partial charge on any atom is -0.0775 e. The van der Waals surface area contributed by atoms with E-state index in [-0.39, 0.29) is 0 Å². The zero-order chi connectivity index (χ0) is 11.8. The molecule has 2 rings (SSSR count). The lowest BCUT2D eigenvalue weighted by atomic mass is 10.1. The summed E-state index contributed by atoms with van der Waals surface area (Å²) in [6.45, 7) is 10.3. The standard InChI is InChI=1S/C14H26Si2/c1-15(16(2,3)4)14-10-12-8-6-5-7-9-13(12)11-14/h10-11,14-15H,5-9H2,1-4H3. The Kier molecular flexibility index (Phi) is 3.60. The van der Waals surface area contributed by atoms with Gasteiger partial charge in [0.1, 0.15) is 0 Å². The number of allylic oxidation sites excluding steroid dienone is 4. The molecule has 2 aliphatic carbocycles. The van der Waals surface area contributed by atoms with E-state index in [1.165, 1.54) is 32.1 Å². The molecule has 0 radical (unpaired) electrons. The van der Waals surface area contributed by atoms with Crippen molar-refractivity contribution in [1.82, 2.24) is 0 Å². The van der Waals surface area contributed by atoms with E-state index in [1.54, 1.807) is 11.1 Å². The van der Waals surface area contributed by atoms with Crippen LogP contribution in [0.1, 0.15) is 32.1 Å². The van der Waals surface area contributed by atoms with Crippen molar-refractivity contribution in [3.63, 3.8) is 0 Å². The summed E-state index contributed by atoms with van der Waals surface area (Å²) in [5.41, 5.74) is 4.37. The van der Waals surface area contributed by atoms with Crippen LogP contribution < -0.4 is 0 Å². The van der Waals surface area contributed by atoms with Crippen LogP contribution in [0, 0.1) is 0 Å². The normalized spacial score (nSPS) is 24.5. The molecular weight excluding hydrogens is 224 g/mol. The highest BCUT2D eigenvalue weighted by molar-refractivity contribution is 7.32. The van der Waals surface area contributed by atoms with Crippen LogP contribution in [-0.2, 0) is 0 Å². The maximum Gasteiger partial charge on any atom is 0.0405 e. The van der Waals surface area contributed by atoms with E-state index in [0.717, 1.165) is 5.54 Å². The third kappa shape index (κ3) is 2.59. The Bertz CT molecular complexity index is 298. The van der Waals surface area contributed by atoms with Crippen molar-refractivity contribution in [2.24, 2.45) is 0 Å². The minimum absolute atomic E-state index is 0.549. The van der Waals surface area contributed by atoms with Gasteiger partial charge in [-0.2, -0.15) is 0 Å². The average Bonchev–Trinajstić information content (AvgIpc) is 2.47. The van der Waals surface area contributed by atoms with Gasteiger partial charge in [-0.25, -0.2) is 0 Å². The zero-order valence-electron chi connectivity index (χ0n) is 11.3. The van der Waals surface area contributed by atoms with Crippen molar-refractivity contribution in [3.8, 4) is 0 Å². The van der Waals surface area contributed by atoms with Crippen molar-refractivity contribution in [3.05, 3.63) is 23.3 Å². The van der Waals surface area contributed by atoms with Gasteiger partial charge < -0.3 is 0 Å². The lowest BCUT2D eigenvalue weighted by molar-refractivity contribution is 0.718. The molecule has 0 saturated heterocycles. The first-order valence-electron chi connectivity index (χ1n) is 6.90. The first-order chi connectivity index (χ1) is 7.48. The predicted octanol–water partition coefficient (Wildman–Crippen LogP) is 4.46. The van der Waals surface area contributed by atoms with Crippen LogP contribution in [0.2, 0.25) is 31.7 Å². The zero-order valence-corrected chi connectivity index (χ0v) is 13.5. The second kappa shape index (κ2) is 4.65. The van der Waals surface area contributed by atoms with Gasteiger partial charge >= 0.3 is 0 Å². The number of hydrogen-bond acceptors (Lipinski definition) is 0. The van der Waals surface area contributed by atoms with Crippen LogP contribution in [0.15, 0.2) is 23.3 Å². The molecule has 1 fully saturated rings. The largest absolute Gasteiger partial charge is 0.0775 e. The molecule has 0 heterocycles. The van der Waals surface area contributed by atoms with Gasteiger partial charge in [0.15, 0.2) is 0 Å². The van der Waals surface area contributed by atoms with Crippen LogP contribution in [0.3, 0.4) is 0 Å². The van der Waals surface area contributed by atoms with E-state index in [2.05, 4.69) is 38.3 Å². The van der Waals surface area contributed by atoms with E-state index in [4.69, 9.17) is 0 Å². The Balaban J connectivity index is 2.14. The highest BCUT2D eigenvalue weighted by atomic mass is 29.2. The maximum atomic E-state index is 2.66. The predicted molar refractivity (Wildman–Crippen MR) is 79.4 cm³/mol. The summed E-state index contributed by atoms with van der Waals surface area (Å²) in [6.07, 6.45) is 12.4. The first-order valence-corrected chi connectivity index (χ1v) is 14.0. The Hall–Kier alpha value is -0.0862. The molecule has 2 heteroatoms.